The second-order valence-corrected chi connectivity index (χ2v) is 8.56. The molecule has 0 aliphatic rings. The quantitative estimate of drug-likeness (QED) is 0.479. The number of benzene rings is 2. The van der Waals surface area contributed by atoms with Crippen molar-refractivity contribution in [3.63, 3.8) is 0 Å². The predicted octanol–water partition coefficient (Wildman–Crippen LogP) is 3.69. The summed E-state index contributed by atoms with van der Waals surface area (Å²) in [6.07, 6.45) is 1.44. The van der Waals surface area contributed by atoms with E-state index in [-0.39, 0.29) is 22.0 Å². The zero-order valence-electron chi connectivity index (χ0n) is 17.5. The number of rotatable bonds is 9. The van der Waals surface area contributed by atoms with Gasteiger partial charge >= 0.3 is 0 Å². The van der Waals surface area contributed by atoms with Crippen molar-refractivity contribution in [2.45, 2.75) is 11.4 Å². The van der Waals surface area contributed by atoms with Crippen LogP contribution < -0.4 is 24.2 Å². The summed E-state index contributed by atoms with van der Waals surface area (Å²) in [5.74, 6) is 0.947. The van der Waals surface area contributed by atoms with Gasteiger partial charge in [-0.25, -0.2) is 13.1 Å². The SMILES string of the molecule is COc1cc(NC(=O)c2ccc(Cl)c(S(=O)(=O)NCc3ccco3)c2)cc(OC)c1OC. The lowest BCUT2D eigenvalue weighted by Gasteiger charge is -2.15. The van der Waals surface area contributed by atoms with E-state index in [0.717, 1.165) is 0 Å². The molecule has 0 saturated heterocycles. The van der Waals surface area contributed by atoms with Gasteiger partial charge in [0, 0.05) is 23.4 Å². The van der Waals surface area contributed by atoms with Gasteiger partial charge in [-0.05, 0) is 30.3 Å². The van der Waals surface area contributed by atoms with Crippen LogP contribution in [-0.2, 0) is 16.6 Å². The van der Waals surface area contributed by atoms with Gasteiger partial charge < -0.3 is 23.9 Å². The van der Waals surface area contributed by atoms with Crippen molar-refractivity contribution in [3.8, 4) is 17.2 Å². The summed E-state index contributed by atoms with van der Waals surface area (Å²) in [4.78, 5) is 12.6. The minimum atomic E-state index is -4.00. The highest BCUT2D eigenvalue weighted by Gasteiger charge is 2.21. The Morgan fingerprint density at radius 2 is 1.72 bits per heavy atom. The Kier molecular flexibility index (Phi) is 7.29. The molecule has 0 atom stereocenters. The van der Waals surface area contributed by atoms with Crippen molar-refractivity contribution in [3.05, 3.63) is 65.1 Å². The fourth-order valence-corrected chi connectivity index (χ4v) is 4.38. The molecular formula is C21H21ClN2O7S. The topological polar surface area (TPSA) is 116 Å². The second-order valence-electron chi connectivity index (χ2n) is 6.42. The Labute approximate surface area is 190 Å². The molecule has 0 unspecified atom stereocenters. The fourth-order valence-electron chi connectivity index (χ4n) is 2.86. The lowest BCUT2D eigenvalue weighted by Crippen LogP contribution is -2.24. The van der Waals surface area contributed by atoms with Crippen LogP contribution in [0.4, 0.5) is 5.69 Å². The number of carbonyl (C=O) groups excluding carboxylic acids is 1. The molecule has 0 aliphatic carbocycles. The second kappa shape index (κ2) is 9.94. The van der Waals surface area contributed by atoms with Crippen molar-refractivity contribution in [1.29, 1.82) is 0 Å². The highest BCUT2D eigenvalue weighted by atomic mass is 35.5. The van der Waals surface area contributed by atoms with E-state index in [2.05, 4.69) is 10.0 Å². The van der Waals surface area contributed by atoms with E-state index < -0.39 is 15.9 Å². The number of carbonyl (C=O) groups is 1. The number of hydrogen-bond acceptors (Lipinski definition) is 7. The van der Waals surface area contributed by atoms with Crippen LogP contribution in [-0.4, -0.2) is 35.7 Å². The fraction of sp³-hybridized carbons (Fsp3) is 0.190. The maximum atomic E-state index is 12.8. The highest BCUT2D eigenvalue weighted by Crippen LogP contribution is 2.40. The number of nitrogens with one attached hydrogen (secondary N) is 2. The summed E-state index contributed by atoms with van der Waals surface area (Å²) in [6, 6.07) is 10.3. The molecule has 0 radical (unpaired) electrons. The zero-order valence-corrected chi connectivity index (χ0v) is 19.0. The third-order valence-corrected chi connectivity index (χ3v) is 6.30. The molecule has 0 fully saturated rings. The van der Waals surface area contributed by atoms with E-state index in [1.54, 1.807) is 24.3 Å². The smallest absolute Gasteiger partial charge is 0.255 e. The average molecular weight is 481 g/mol. The molecule has 2 N–H and O–H groups in total. The summed E-state index contributed by atoms with van der Waals surface area (Å²) in [5.41, 5.74) is 0.446. The Hall–Kier alpha value is -3.21. The number of hydrogen-bond donors (Lipinski definition) is 2. The first-order valence-electron chi connectivity index (χ1n) is 9.22. The van der Waals surface area contributed by atoms with Crippen LogP contribution in [0.25, 0.3) is 0 Å². The minimum Gasteiger partial charge on any atom is -0.493 e. The number of halogens is 1. The van der Waals surface area contributed by atoms with E-state index in [0.29, 0.717) is 28.7 Å². The molecule has 9 nitrogen and oxygen atoms in total. The Morgan fingerprint density at radius 3 is 2.28 bits per heavy atom. The first-order valence-corrected chi connectivity index (χ1v) is 11.1. The molecule has 1 amide bonds. The van der Waals surface area contributed by atoms with Gasteiger partial charge in [0.05, 0.1) is 39.2 Å². The number of furan rings is 1. The molecule has 2 aromatic carbocycles. The first kappa shape index (κ1) is 23.5. The molecule has 11 heteroatoms. The molecule has 3 rings (SSSR count). The standard InChI is InChI=1S/C21H21ClN2O7S/c1-28-17-10-14(11-18(29-2)20(17)30-3)24-21(25)13-6-7-16(22)19(9-13)32(26,27)23-12-15-5-4-8-31-15/h4-11,23H,12H2,1-3H3,(H,24,25). The third kappa shape index (κ3) is 5.16. The van der Waals surface area contributed by atoms with Crippen molar-refractivity contribution in [2.75, 3.05) is 26.6 Å². The van der Waals surface area contributed by atoms with Crippen LogP contribution >= 0.6 is 11.6 Å². The van der Waals surface area contributed by atoms with E-state index in [4.69, 9.17) is 30.2 Å². The normalized spacial score (nSPS) is 11.1. The summed E-state index contributed by atoms with van der Waals surface area (Å²) < 4.78 is 48.7. The average Bonchev–Trinajstić information content (AvgIpc) is 3.31. The molecule has 170 valence electrons. The number of anilines is 1. The maximum absolute atomic E-state index is 12.8. The van der Waals surface area contributed by atoms with Gasteiger partial charge in [0.2, 0.25) is 15.8 Å². The molecule has 0 aliphatic heterocycles. The van der Waals surface area contributed by atoms with Gasteiger partial charge in [-0.3, -0.25) is 4.79 Å². The summed E-state index contributed by atoms with van der Waals surface area (Å²) >= 11 is 6.10. The van der Waals surface area contributed by atoms with Gasteiger partial charge in [0.15, 0.2) is 11.5 Å². The van der Waals surface area contributed by atoms with E-state index >= 15 is 0 Å². The van der Waals surface area contributed by atoms with E-state index in [1.807, 2.05) is 0 Å². The molecular weight excluding hydrogens is 460 g/mol. The largest absolute Gasteiger partial charge is 0.493 e. The van der Waals surface area contributed by atoms with Gasteiger partial charge in [0.25, 0.3) is 5.91 Å². The molecule has 3 aromatic rings. The zero-order chi connectivity index (χ0) is 23.3. The number of amides is 1. The Balaban J connectivity index is 1.85. The first-order chi connectivity index (χ1) is 15.3. The van der Waals surface area contributed by atoms with Crippen LogP contribution in [0.1, 0.15) is 16.1 Å². The maximum Gasteiger partial charge on any atom is 0.255 e. The molecule has 0 bridgehead atoms. The molecule has 0 saturated carbocycles. The van der Waals surface area contributed by atoms with Crippen LogP contribution in [0.3, 0.4) is 0 Å². The van der Waals surface area contributed by atoms with Crippen LogP contribution in [0.2, 0.25) is 5.02 Å². The lowest BCUT2D eigenvalue weighted by atomic mass is 10.2. The number of methoxy groups -OCH3 is 3. The van der Waals surface area contributed by atoms with Crippen LogP contribution in [0.5, 0.6) is 17.2 Å². The summed E-state index contributed by atoms with van der Waals surface area (Å²) in [5, 5.41) is 2.66. The van der Waals surface area contributed by atoms with Crippen LogP contribution in [0.15, 0.2) is 58.0 Å². The van der Waals surface area contributed by atoms with Gasteiger partial charge in [0.1, 0.15) is 10.7 Å². The molecule has 1 aromatic heterocycles. The summed E-state index contributed by atoms with van der Waals surface area (Å²) in [7, 11) is 0.368. The van der Waals surface area contributed by atoms with Gasteiger partial charge in [-0.2, -0.15) is 0 Å². The van der Waals surface area contributed by atoms with Crippen LogP contribution in [0, 0.1) is 0 Å². The lowest BCUT2D eigenvalue weighted by molar-refractivity contribution is 0.102. The summed E-state index contributed by atoms with van der Waals surface area (Å²) in [6.45, 7) is -0.0620. The molecule has 1 heterocycles. The van der Waals surface area contributed by atoms with Crippen molar-refractivity contribution >= 4 is 33.2 Å². The van der Waals surface area contributed by atoms with Crippen molar-refractivity contribution in [1.82, 2.24) is 4.72 Å². The Bertz CT molecular complexity index is 1190. The van der Waals surface area contributed by atoms with Crippen molar-refractivity contribution < 1.29 is 31.8 Å². The van der Waals surface area contributed by atoms with E-state index in [1.165, 1.54) is 45.8 Å². The van der Waals surface area contributed by atoms with Crippen molar-refractivity contribution in [2.24, 2.45) is 0 Å². The molecule has 0 spiro atoms. The van der Waals surface area contributed by atoms with Gasteiger partial charge in [-0.15, -0.1) is 0 Å². The molecule has 32 heavy (non-hydrogen) atoms. The minimum absolute atomic E-state index is 0.0266. The number of ether oxygens (including phenoxy) is 3. The predicted molar refractivity (Wildman–Crippen MR) is 118 cm³/mol. The monoisotopic (exact) mass is 480 g/mol. The van der Waals surface area contributed by atoms with Gasteiger partial charge in [-0.1, -0.05) is 11.6 Å². The number of sulfonamides is 1. The Morgan fingerprint density at radius 1 is 1.03 bits per heavy atom. The third-order valence-electron chi connectivity index (χ3n) is 4.42. The highest BCUT2D eigenvalue weighted by molar-refractivity contribution is 7.89. The van der Waals surface area contributed by atoms with E-state index in [9.17, 15) is 13.2 Å².